The molecule has 0 atom stereocenters. The van der Waals surface area contributed by atoms with E-state index in [0.717, 1.165) is 16.9 Å². The van der Waals surface area contributed by atoms with Crippen molar-refractivity contribution >= 4 is 34.7 Å². The number of amides is 1. The van der Waals surface area contributed by atoms with Gasteiger partial charge in [0, 0.05) is 18.3 Å². The Morgan fingerprint density at radius 1 is 1.25 bits per heavy atom. The molecule has 0 aromatic carbocycles. The molecule has 8 nitrogen and oxygen atoms in total. The predicted octanol–water partition coefficient (Wildman–Crippen LogP) is 3.38. The maximum atomic E-state index is 11.4. The summed E-state index contributed by atoms with van der Waals surface area (Å²) in [6, 6.07) is 4.01. The van der Waals surface area contributed by atoms with Gasteiger partial charge in [0.2, 0.25) is 5.91 Å². The standard InChI is InChI=1S/C20H25N7O/c1-12(2)27-13(3)24-14-11-23-18(10-15(14)27)26-17-7-9-22-16(25-17)6-8-20(4,5)19(21)28/h6-12H,1-5H3,(H2,21,28)(H,22,23,25,26)/b8-6+. The average molecular weight is 379 g/mol. The number of pyridine rings is 1. The van der Waals surface area contributed by atoms with Crippen molar-refractivity contribution in [1.29, 1.82) is 0 Å². The Labute approximate surface area is 163 Å². The first-order chi connectivity index (χ1) is 13.2. The smallest absolute Gasteiger partial charge is 0.226 e. The van der Waals surface area contributed by atoms with Crippen molar-refractivity contribution < 1.29 is 4.79 Å². The number of carbonyl (C=O) groups is 1. The van der Waals surface area contributed by atoms with Gasteiger partial charge in [0.1, 0.15) is 23.0 Å². The number of anilines is 2. The molecule has 0 aliphatic heterocycles. The highest BCUT2D eigenvalue weighted by Crippen LogP contribution is 2.24. The summed E-state index contributed by atoms with van der Waals surface area (Å²) < 4.78 is 2.17. The summed E-state index contributed by atoms with van der Waals surface area (Å²) >= 11 is 0. The lowest BCUT2D eigenvalue weighted by molar-refractivity contribution is -0.123. The van der Waals surface area contributed by atoms with E-state index in [9.17, 15) is 4.79 Å². The Balaban J connectivity index is 1.87. The lowest BCUT2D eigenvalue weighted by Crippen LogP contribution is -2.29. The Morgan fingerprint density at radius 3 is 2.68 bits per heavy atom. The van der Waals surface area contributed by atoms with Crippen LogP contribution in [-0.4, -0.2) is 30.4 Å². The third-order valence-electron chi connectivity index (χ3n) is 4.48. The molecule has 0 aliphatic carbocycles. The summed E-state index contributed by atoms with van der Waals surface area (Å²) in [6.07, 6.45) is 6.78. The highest BCUT2D eigenvalue weighted by atomic mass is 16.1. The lowest BCUT2D eigenvalue weighted by atomic mass is 9.92. The topological polar surface area (TPSA) is 112 Å². The molecule has 28 heavy (non-hydrogen) atoms. The van der Waals surface area contributed by atoms with Gasteiger partial charge in [0.25, 0.3) is 0 Å². The number of hydrogen-bond acceptors (Lipinski definition) is 6. The molecule has 3 N–H and O–H groups in total. The van der Waals surface area contributed by atoms with E-state index in [1.165, 1.54) is 0 Å². The summed E-state index contributed by atoms with van der Waals surface area (Å²) in [5, 5.41) is 3.20. The van der Waals surface area contributed by atoms with Crippen LogP contribution in [0.5, 0.6) is 0 Å². The number of nitrogens with one attached hydrogen (secondary N) is 1. The van der Waals surface area contributed by atoms with Crippen molar-refractivity contribution in [1.82, 2.24) is 24.5 Å². The number of aryl methyl sites for hydroxylation is 1. The molecule has 3 aromatic rings. The Morgan fingerprint density at radius 2 is 2.00 bits per heavy atom. The van der Waals surface area contributed by atoms with Crippen LogP contribution in [0.4, 0.5) is 11.6 Å². The van der Waals surface area contributed by atoms with E-state index in [4.69, 9.17) is 5.73 Å². The maximum Gasteiger partial charge on any atom is 0.226 e. The molecular weight excluding hydrogens is 354 g/mol. The number of primary amides is 1. The maximum absolute atomic E-state index is 11.4. The predicted molar refractivity (Wildman–Crippen MR) is 110 cm³/mol. The zero-order chi connectivity index (χ0) is 20.5. The fourth-order valence-corrected chi connectivity index (χ4v) is 2.86. The van der Waals surface area contributed by atoms with Crippen LogP contribution in [0.25, 0.3) is 17.1 Å². The van der Waals surface area contributed by atoms with Crippen LogP contribution in [0.1, 0.15) is 45.4 Å². The molecule has 8 heteroatoms. The molecular formula is C20H25N7O. The van der Waals surface area contributed by atoms with E-state index in [0.29, 0.717) is 23.5 Å². The molecule has 0 radical (unpaired) electrons. The van der Waals surface area contributed by atoms with Gasteiger partial charge in [-0.1, -0.05) is 6.08 Å². The normalized spacial score (nSPS) is 12.2. The Kier molecular flexibility index (Phi) is 5.13. The van der Waals surface area contributed by atoms with Crippen LogP contribution in [0.2, 0.25) is 0 Å². The molecule has 0 unspecified atom stereocenters. The number of hydrogen-bond donors (Lipinski definition) is 2. The number of nitrogens with two attached hydrogens (primary N) is 1. The monoisotopic (exact) mass is 379 g/mol. The second-order valence-electron chi connectivity index (χ2n) is 7.53. The van der Waals surface area contributed by atoms with Gasteiger partial charge in [-0.2, -0.15) is 0 Å². The molecule has 0 aliphatic rings. The SMILES string of the molecule is Cc1nc2cnc(Nc3ccnc(/C=C/C(C)(C)C(N)=O)n3)cc2n1C(C)C. The van der Waals surface area contributed by atoms with Gasteiger partial charge in [-0.05, 0) is 46.8 Å². The van der Waals surface area contributed by atoms with Gasteiger partial charge < -0.3 is 15.6 Å². The molecule has 1 amide bonds. The summed E-state index contributed by atoms with van der Waals surface area (Å²) in [5.41, 5.74) is 6.49. The summed E-state index contributed by atoms with van der Waals surface area (Å²) in [7, 11) is 0. The van der Waals surface area contributed by atoms with E-state index in [1.807, 2.05) is 13.0 Å². The van der Waals surface area contributed by atoms with E-state index in [-0.39, 0.29) is 0 Å². The van der Waals surface area contributed by atoms with Gasteiger partial charge in [0.15, 0.2) is 5.82 Å². The van der Waals surface area contributed by atoms with Crippen LogP contribution in [0.3, 0.4) is 0 Å². The minimum absolute atomic E-state index is 0.296. The van der Waals surface area contributed by atoms with Gasteiger partial charge in [-0.3, -0.25) is 4.79 Å². The van der Waals surface area contributed by atoms with Crippen molar-refractivity contribution in [3.05, 3.63) is 42.3 Å². The van der Waals surface area contributed by atoms with Gasteiger partial charge >= 0.3 is 0 Å². The third kappa shape index (κ3) is 4.00. The first kappa shape index (κ1) is 19.5. The van der Waals surface area contributed by atoms with E-state index in [2.05, 4.69) is 43.7 Å². The van der Waals surface area contributed by atoms with Crippen molar-refractivity contribution in [2.45, 2.75) is 40.7 Å². The second kappa shape index (κ2) is 7.38. The van der Waals surface area contributed by atoms with Gasteiger partial charge in [0.05, 0.1) is 17.1 Å². The average Bonchev–Trinajstić information content (AvgIpc) is 2.95. The number of imidazole rings is 1. The van der Waals surface area contributed by atoms with Crippen LogP contribution in [0.15, 0.2) is 30.6 Å². The quantitative estimate of drug-likeness (QED) is 0.679. The van der Waals surface area contributed by atoms with Crippen LogP contribution >= 0.6 is 0 Å². The van der Waals surface area contributed by atoms with E-state index < -0.39 is 11.3 Å². The van der Waals surface area contributed by atoms with Gasteiger partial charge in [-0.25, -0.2) is 19.9 Å². The summed E-state index contributed by atoms with van der Waals surface area (Å²) in [6.45, 7) is 9.72. The molecule has 0 saturated carbocycles. The number of fused-ring (bicyclic) bond motifs is 1. The van der Waals surface area contributed by atoms with E-state index >= 15 is 0 Å². The molecule has 0 bridgehead atoms. The lowest BCUT2D eigenvalue weighted by Gasteiger charge is -2.14. The fraction of sp³-hybridized carbons (Fsp3) is 0.350. The number of aromatic nitrogens is 5. The molecule has 0 fully saturated rings. The van der Waals surface area contributed by atoms with Gasteiger partial charge in [-0.15, -0.1) is 0 Å². The third-order valence-corrected chi connectivity index (χ3v) is 4.48. The molecule has 3 heterocycles. The van der Waals surface area contributed by atoms with Crippen molar-refractivity contribution in [3.63, 3.8) is 0 Å². The summed E-state index contributed by atoms with van der Waals surface area (Å²) in [5.74, 6) is 2.29. The van der Waals surface area contributed by atoms with Crippen molar-refractivity contribution in [2.24, 2.45) is 11.1 Å². The van der Waals surface area contributed by atoms with Crippen molar-refractivity contribution in [2.75, 3.05) is 5.32 Å². The Bertz CT molecular complexity index is 1050. The largest absolute Gasteiger partial charge is 0.369 e. The minimum Gasteiger partial charge on any atom is -0.369 e. The highest BCUT2D eigenvalue weighted by molar-refractivity contribution is 5.83. The molecule has 3 aromatic heterocycles. The number of rotatable bonds is 6. The molecule has 0 spiro atoms. The molecule has 146 valence electrons. The first-order valence-corrected chi connectivity index (χ1v) is 9.11. The zero-order valence-electron chi connectivity index (χ0n) is 16.8. The number of nitrogens with zero attached hydrogens (tertiary/aromatic N) is 5. The molecule has 0 saturated heterocycles. The van der Waals surface area contributed by atoms with Crippen LogP contribution < -0.4 is 11.1 Å². The summed E-state index contributed by atoms with van der Waals surface area (Å²) in [4.78, 5) is 29.1. The molecule has 3 rings (SSSR count). The van der Waals surface area contributed by atoms with Crippen LogP contribution in [0, 0.1) is 12.3 Å². The fourth-order valence-electron chi connectivity index (χ4n) is 2.86. The second-order valence-corrected chi connectivity index (χ2v) is 7.53. The first-order valence-electron chi connectivity index (χ1n) is 9.11. The highest BCUT2D eigenvalue weighted by Gasteiger charge is 2.20. The van der Waals surface area contributed by atoms with Crippen molar-refractivity contribution in [3.8, 4) is 0 Å². The van der Waals surface area contributed by atoms with E-state index in [1.54, 1.807) is 44.5 Å². The zero-order valence-corrected chi connectivity index (χ0v) is 16.8. The van der Waals surface area contributed by atoms with Crippen LogP contribution in [-0.2, 0) is 4.79 Å². The minimum atomic E-state index is -0.771. The number of carbonyl (C=O) groups excluding carboxylic acids is 1. The Hall–Kier alpha value is -3.29.